The van der Waals surface area contributed by atoms with Gasteiger partial charge < -0.3 is 40.5 Å². The number of hydrogen-bond donors (Lipinski definition) is 7. The Kier molecular flexibility index (Phi) is 4.33. The van der Waals surface area contributed by atoms with Crippen molar-refractivity contribution in [2.75, 3.05) is 6.61 Å². The third-order valence-corrected chi connectivity index (χ3v) is 4.05. The molecule has 1 aliphatic carbocycles. The Morgan fingerprint density at radius 1 is 1.19 bits per heavy atom. The monoisotopic (exact) mass is 306 g/mol. The smallest absolute Gasteiger partial charge is 0.116 e. The average molecular weight is 306 g/mol. The molecule has 0 radical (unpaired) electrons. The molecule has 8 nitrogen and oxygen atoms in total. The highest BCUT2D eigenvalue weighted by Crippen LogP contribution is 2.40. The van der Waals surface area contributed by atoms with Crippen molar-refractivity contribution in [3.63, 3.8) is 0 Å². The zero-order chi connectivity index (χ0) is 16.0. The Labute approximate surface area is 121 Å². The van der Waals surface area contributed by atoms with E-state index in [9.17, 15) is 30.6 Å². The Morgan fingerprint density at radius 2 is 1.81 bits per heavy atom. The zero-order valence-corrected chi connectivity index (χ0v) is 11.6. The molecule has 3 unspecified atom stereocenters. The van der Waals surface area contributed by atoms with Gasteiger partial charge in [-0.25, -0.2) is 0 Å². The molecule has 0 aromatic heterocycles. The van der Waals surface area contributed by atoms with Crippen LogP contribution in [0.1, 0.15) is 19.8 Å². The van der Waals surface area contributed by atoms with E-state index in [1.165, 1.54) is 13.0 Å². The molecule has 0 aromatic carbocycles. The Bertz CT molecular complexity index is 420. The van der Waals surface area contributed by atoms with Crippen molar-refractivity contribution in [1.29, 1.82) is 0 Å². The van der Waals surface area contributed by atoms with Crippen LogP contribution >= 0.6 is 0 Å². The Morgan fingerprint density at radius 3 is 2.33 bits per heavy atom. The third-order valence-electron chi connectivity index (χ3n) is 4.05. The molecule has 1 fully saturated rings. The molecule has 1 aliphatic heterocycles. The maximum absolute atomic E-state index is 10.7. The predicted molar refractivity (Wildman–Crippen MR) is 69.3 cm³/mol. The van der Waals surface area contributed by atoms with E-state index in [1.807, 2.05) is 0 Å². The number of hydrogen-bond acceptors (Lipinski definition) is 8. The van der Waals surface area contributed by atoms with Gasteiger partial charge in [0.25, 0.3) is 0 Å². The lowest BCUT2D eigenvalue weighted by atomic mass is 9.73. The van der Waals surface area contributed by atoms with Gasteiger partial charge in [-0.1, -0.05) is 0 Å². The molecular weight excluding hydrogens is 284 g/mol. The average Bonchev–Trinajstić information content (AvgIpc) is 2.33. The first-order valence-electron chi connectivity index (χ1n) is 6.75. The quantitative estimate of drug-likeness (QED) is 0.297. The molecule has 0 saturated carbocycles. The van der Waals surface area contributed by atoms with E-state index in [2.05, 4.69) is 0 Å². The minimum absolute atomic E-state index is 0.243. The van der Waals surface area contributed by atoms with Crippen LogP contribution < -0.4 is 0 Å². The number of ether oxygens (including phenoxy) is 1. The van der Waals surface area contributed by atoms with Crippen molar-refractivity contribution in [3.05, 3.63) is 11.8 Å². The van der Waals surface area contributed by atoms with Gasteiger partial charge in [-0.2, -0.15) is 0 Å². The number of rotatable bonds is 2. The molecule has 0 aromatic rings. The normalized spacial score (nSPS) is 51.6. The minimum atomic E-state index is -1.85. The standard InChI is InChI=1S/C13H22O8/c1-12(19)2-6(15)3-13(20,5-12)11-10(18)9(17)8(16)7(4-14)21-11/h2,7-11,14-20H,3-5H2,1H3/t7-,8-,9+,10-,11?,12?,13?/m1/s1. The van der Waals surface area contributed by atoms with Crippen LogP contribution in [0.4, 0.5) is 0 Å². The summed E-state index contributed by atoms with van der Waals surface area (Å²) in [6.07, 6.45) is -6.66. The van der Waals surface area contributed by atoms with Gasteiger partial charge in [0, 0.05) is 12.8 Å². The fraction of sp³-hybridized carbons (Fsp3) is 0.846. The maximum Gasteiger partial charge on any atom is 0.116 e. The molecule has 1 heterocycles. The molecule has 2 rings (SSSR count). The SMILES string of the molecule is CC1(O)C=C(O)CC(O)(C2O[C@H](CO)[C@@H](O)[C@H](O)[C@H]2O)C1. The molecule has 8 heteroatoms. The van der Waals surface area contributed by atoms with E-state index < -0.39 is 48.3 Å². The summed E-state index contributed by atoms with van der Waals surface area (Å²) >= 11 is 0. The van der Waals surface area contributed by atoms with Gasteiger partial charge in [-0.05, 0) is 13.0 Å². The lowest BCUT2D eigenvalue weighted by Crippen LogP contribution is -2.66. The second-order valence-electron chi connectivity index (χ2n) is 6.20. The van der Waals surface area contributed by atoms with Gasteiger partial charge in [-0.3, -0.25) is 0 Å². The highest BCUT2D eigenvalue weighted by Gasteiger charge is 2.55. The summed E-state index contributed by atoms with van der Waals surface area (Å²) in [7, 11) is 0. The summed E-state index contributed by atoms with van der Waals surface area (Å²) in [5.41, 5.74) is -3.37. The summed E-state index contributed by atoms with van der Waals surface area (Å²) in [4.78, 5) is 0. The molecule has 0 spiro atoms. The van der Waals surface area contributed by atoms with Gasteiger partial charge in [0.2, 0.25) is 0 Å². The Balaban J connectivity index is 2.29. The maximum atomic E-state index is 10.7. The zero-order valence-electron chi connectivity index (χ0n) is 11.6. The van der Waals surface area contributed by atoms with Crippen LogP contribution in [0.2, 0.25) is 0 Å². The van der Waals surface area contributed by atoms with Gasteiger partial charge in [0.05, 0.1) is 18.0 Å². The molecule has 0 bridgehead atoms. The van der Waals surface area contributed by atoms with E-state index in [0.29, 0.717) is 0 Å². The second kappa shape index (κ2) is 5.47. The van der Waals surface area contributed by atoms with Crippen molar-refractivity contribution in [1.82, 2.24) is 0 Å². The van der Waals surface area contributed by atoms with E-state index in [1.54, 1.807) is 0 Å². The molecule has 122 valence electrons. The third kappa shape index (κ3) is 3.07. The highest BCUT2D eigenvalue weighted by molar-refractivity contribution is 5.18. The fourth-order valence-electron chi connectivity index (χ4n) is 3.20. The van der Waals surface area contributed by atoms with Crippen LogP contribution in [0.25, 0.3) is 0 Å². The van der Waals surface area contributed by atoms with Crippen molar-refractivity contribution < 1.29 is 40.5 Å². The Hall–Kier alpha value is -0.740. The van der Waals surface area contributed by atoms with E-state index in [-0.39, 0.29) is 18.6 Å². The topological polar surface area (TPSA) is 151 Å². The lowest BCUT2D eigenvalue weighted by Gasteiger charge is -2.49. The summed E-state index contributed by atoms with van der Waals surface area (Å²) in [6, 6.07) is 0. The lowest BCUT2D eigenvalue weighted by molar-refractivity contribution is -0.277. The van der Waals surface area contributed by atoms with Crippen LogP contribution in [0.3, 0.4) is 0 Å². The van der Waals surface area contributed by atoms with Crippen molar-refractivity contribution in [3.8, 4) is 0 Å². The largest absolute Gasteiger partial charge is 0.512 e. The molecule has 7 N–H and O–H groups in total. The van der Waals surface area contributed by atoms with Crippen LogP contribution in [-0.4, -0.2) is 84.1 Å². The van der Waals surface area contributed by atoms with Crippen LogP contribution in [0, 0.1) is 0 Å². The summed E-state index contributed by atoms with van der Waals surface area (Å²) in [6.45, 7) is 0.757. The molecule has 7 atom stereocenters. The van der Waals surface area contributed by atoms with Crippen molar-refractivity contribution in [2.24, 2.45) is 0 Å². The van der Waals surface area contributed by atoms with Gasteiger partial charge in [0.15, 0.2) is 0 Å². The highest BCUT2D eigenvalue weighted by atomic mass is 16.6. The first-order chi connectivity index (χ1) is 9.59. The van der Waals surface area contributed by atoms with Crippen LogP contribution in [0.5, 0.6) is 0 Å². The molecule has 2 aliphatic rings. The van der Waals surface area contributed by atoms with E-state index in [4.69, 9.17) is 9.84 Å². The van der Waals surface area contributed by atoms with Crippen molar-refractivity contribution in [2.45, 2.75) is 61.5 Å². The van der Waals surface area contributed by atoms with E-state index in [0.717, 1.165) is 0 Å². The molecule has 21 heavy (non-hydrogen) atoms. The summed E-state index contributed by atoms with van der Waals surface area (Å²) in [5.74, 6) is -0.272. The first kappa shape index (κ1) is 16.6. The minimum Gasteiger partial charge on any atom is -0.512 e. The van der Waals surface area contributed by atoms with Crippen molar-refractivity contribution >= 4 is 0 Å². The molecular formula is C13H22O8. The second-order valence-corrected chi connectivity index (χ2v) is 6.20. The number of aliphatic hydroxyl groups excluding tert-OH is 5. The first-order valence-corrected chi connectivity index (χ1v) is 6.75. The van der Waals surface area contributed by atoms with E-state index >= 15 is 0 Å². The van der Waals surface area contributed by atoms with Crippen LogP contribution in [0.15, 0.2) is 11.8 Å². The molecule has 1 saturated heterocycles. The molecule has 0 amide bonds. The van der Waals surface area contributed by atoms with Crippen LogP contribution in [-0.2, 0) is 4.74 Å². The summed E-state index contributed by atoms with van der Waals surface area (Å²) < 4.78 is 5.31. The summed E-state index contributed by atoms with van der Waals surface area (Å²) in [5, 5.41) is 69.1. The predicted octanol–water partition coefficient (Wildman–Crippen LogP) is -2.45. The fourth-order valence-corrected chi connectivity index (χ4v) is 3.20. The van der Waals surface area contributed by atoms with Gasteiger partial charge in [0.1, 0.15) is 36.1 Å². The van der Waals surface area contributed by atoms with Gasteiger partial charge in [-0.15, -0.1) is 0 Å². The van der Waals surface area contributed by atoms with Gasteiger partial charge >= 0.3 is 0 Å². The number of aliphatic hydroxyl groups is 7.